The highest BCUT2D eigenvalue weighted by Gasteiger charge is 2.14. The Morgan fingerprint density at radius 3 is 1.97 bits per heavy atom. The molecule has 5 rings (SSSR count). The number of aryl methyl sites for hydroxylation is 1. The maximum Gasteiger partial charge on any atom is 0.248 e. The molecule has 3 aromatic rings. The minimum absolute atomic E-state index is 0.554. The molecule has 0 bridgehead atoms. The molecule has 2 N–H and O–H groups in total. The normalized spacial score (nSPS) is 16.8. The Kier molecular flexibility index (Phi) is 5.30. The molecule has 0 saturated heterocycles. The minimum atomic E-state index is 0.554. The molecule has 0 atom stereocenters. The van der Waals surface area contributed by atoms with Crippen molar-refractivity contribution in [1.29, 1.82) is 0 Å². The first kappa shape index (κ1) is 19.0. The van der Waals surface area contributed by atoms with Crippen molar-refractivity contribution in [3.63, 3.8) is 0 Å². The quantitative estimate of drug-likeness (QED) is 0.679. The average molecular weight is 399 g/mol. The molecule has 5 nitrogen and oxygen atoms in total. The fourth-order valence-corrected chi connectivity index (χ4v) is 4.19. The second-order valence-electron chi connectivity index (χ2n) is 7.89. The zero-order chi connectivity index (χ0) is 20.3. The molecular formula is C25H26N4O. The van der Waals surface area contributed by atoms with Crippen LogP contribution in [0.1, 0.15) is 29.5 Å². The third-order valence-corrected chi connectivity index (χ3v) is 5.87. The predicted octanol–water partition coefficient (Wildman–Crippen LogP) is 4.47. The van der Waals surface area contributed by atoms with Gasteiger partial charge in [-0.1, -0.05) is 30.4 Å². The Labute approximate surface area is 176 Å². The van der Waals surface area contributed by atoms with Gasteiger partial charge in [-0.05, 0) is 85.0 Å². The monoisotopic (exact) mass is 398 g/mol. The highest BCUT2D eigenvalue weighted by atomic mass is 16.4. The first-order valence-electron chi connectivity index (χ1n) is 10.6. The molecule has 1 aromatic heterocycles. The number of hydrogen-bond acceptors (Lipinski definition) is 5. The lowest BCUT2D eigenvalue weighted by Gasteiger charge is -2.16. The summed E-state index contributed by atoms with van der Waals surface area (Å²) >= 11 is 0. The second-order valence-corrected chi connectivity index (χ2v) is 7.89. The molecule has 2 aliphatic heterocycles. The zero-order valence-electron chi connectivity index (χ0n) is 17.2. The van der Waals surface area contributed by atoms with E-state index < -0.39 is 0 Å². The van der Waals surface area contributed by atoms with E-state index >= 15 is 0 Å². The molecule has 0 fully saturated rings. The van der Waals surface area contributed by atoms with Gasteiger partial charge < -0.3 is 15.1 Å². The zero-order valence-corrected chi connectivity index (χ0v) is 17.2. The summed E-state index contributed by atoms with van der Waals surface area (Å²) in [5.41, 5.74) is 8.52. The van der Waals surface area contributed by atoms with Gasteiger partial charge in [0.25, 0.3) is 0 Å². The van der Waals surface area contributed by atoms with E-state index in [4.69, 9.17) is 4.42 Å². The van der Waals surface area contributed by atoms with E-state index in [1.54, 1.807) is 0 Å². The van der Waals surface area contributed by atoms with Crippen LogP contribution in [0.15, 0.2) is 59.0 Å². The lowest BCUT2D eigenvalue weighted by molar-refractivity contribution is 0.584. The number of benzene rings is 2. The van der Waals surface area contributed by atoms with Crippen molar-refractivity contribution in [3.8, 4) is 22.9 Å². The van der Waals surface area contributed by atoms with Crippen molar-refractivity contribution < 1.29 is 4.42 Å². The molecule has 0 spiro atoms. The standard InChI is InChI=1S/C25H26N4O/c1-17-16-22(6-7-23(17)20-10-14-27-15-11-20)25-29-28-24(30-25)21-4-2-18(3-5-21)19-8-12-26-13-9-19/h2-8,10,16,26-27H,9,11-15H2,1H3. The van der Waals surface area contributed by atoms with Gasteiger partial charge in [0.05, 0.1) is 0 Å². The summed E-state index contributed by atoms with van der Waals surface area (Å²) < 4.78 is 6.01. The van der Waals surface area contributed by atoms with Crippen molar-refractivity contribution in [2.24, 2.45) is 0 Å². The first-order valence-corrected chi connectivity index (χ1v) is 10.6. The summed E-state index contributed by atoms with van der Waals surface area (Å²) in [4.78, 5) is 0. The van der Waals surface area contributed by atoms with E-state index in [2.05, 4.69) is 82.4 Å². The third-order valence-electron chi connectivity index (χ3n) is 5.87. The van der Waals surface area contributed by atoms with Gasteiger partial charge in [0.2, 0.25) is 11.8 Å². The summed E-state index contributed by atoms with van der Waals surface area (Å²) in [5, 5.41) is 15.3. The van der Waals surface area contributed by atoms with Crippen LogP contribution in [0.3, 0.4) is 0 Å². The minimum Gasteiger partial charge on any atom is -0.416 e. The van der Waals surface area contributed by atoms with Gasteiger partial charge in [-0.3, -0.25) is 0 Å². The van der Waals surface area contributed by atoms with Crippen molar-refractivity contribution in [2.75, 3.05) is 26.2 Å². The van der Waals surface area contributed by atoms with Crippen molar-refractivity contribution in [3.05, 3.63) is 71.3 Å². The van der Waals surface area contributed by atoms with Gasteiger partial charge in [0.1, 0.15) is 0 Å². The number of nitrogens with zero attached hydrogens (tertiary/aromatic N) is 2. The van der Waals surface area contributed by atoms with Crippen LogP contribution in [0.25, 0.3) is 34.1 Å². The van der Waals surface area contributed by atoms with E-state index in [-0.39, 0.29) is 0 Å². The molecule has 2 aliphatic rings. The summed E-state index contributed by atoms with van der Waals surface area (Å²) in [6, 6.07) is 14.8. The Hall–Kier alpha value is -3.02. The van der Waals surface area contributed by atoms with Gasteiger partial charge in [0, 0.05) is 24.2 Å². The number of aromatic nitrogens is 2. The van der Waals surface area contributed by atoms with Gasteiger partial charge in [-0.15, -0.1) is 10.2 Å². The molecule has 5 heteroatoms. The Morgan fingerprint density at radius 2 is 1.33 bits per heavy atom. The van der Waals surface area contributed by atoms with Crippen LogP contribution < -0.4 is 10.6 Å². The SMILES string of the molecule is Cc1cc(-c2nnc(-c3ccc(C4=CCNCC4)cc3)o2)ccc1C1=CCNCC1. The maximum atomic E-state index is 6.01. The van der Waals surface area contributed by atoms with Crippen molar-refractivity contribution in [1.82, 2.24) is 20.8 Å². The van der Waals surface area contributed by atoms with Crippen LogP contribution in [-0.4, -0.2) is 36.4 Å². The lowest BCUT2D eigenvalue weighted by atomic mass is 9.94. The van der Waals surface area contributed by atoms with Gasteiger partial charge in [-0.2, -0.15) is 0 Å². The molecule has 3 heterocycles. The van der Waals surface area contributed by atoms with E-state index in [0.29, 0.717) is 11.8 Å². The van der Waals surface area contributed by atoms with Crippen LogP contribution >= 0.6 is 0 Å². The summed E-state index contributed by atoms with van der Waals surface area (Å²) in [7, 11) is 0. The van der Waals surface area contributed by atoms with E-state index in [1.165, 1.54) is 27.8 Å². The fourth-order valence-electron chi connectivity index (χ4n) is 4.19. The second kappa shape index (κ2) is 8.38. The van der Waals surface area contributed by atoms with Crippen molar-refractivity contribution >= 4 is 11.1 Å². The molecule has 0 unspecified atom stereocenters. The van der Waals surface area contributed by atoms with Gasteiger partial charge >= 0.3 is 0 Å². The molecule has 0 aliphatic carbocycles. The Balaban J connectivity index is 1.37. The maximum absolute atomic E-state index is 6.01. The highest BCUT2D eigenvalue weighted by Crippen LogP contribution is 2.30. The number of hydrogen-bond donors (Lipinski definition) is 2. The highest BCUT2D eigenvalue weighted by molar-refractivity contribution is 5.72. The van der Waals surface area contributed by atoms with Crippen LogP contribution in [-0.2, 0) is 0 Å². The van der Waals surface area contributed by atoms with Crippen molar-refractivity contribution in [2.45, 2.75) is 19.8 Å². The van der Waals surface area contributed by atoms with Crippen LogP contribution in [0, 0.1) is 6.92 Å². The summed E-state index contributed by atoms with van der Waals surface area (Å²) in [6.45, 7) is 6.10. The molecule has 0 radical (unpaired) electrons. The topological polar surface area (TPSA) is 63.0 Å². The lowest BCUT2D eigenvalue weighted by Crippen LogP contribution is -2.20. The first-order chi connectivity index (χ1) is 14.8. The van der Waals surface area contributed by atoms with E-state index in [1.807, 2.05) is 0 Å². The van der Waals surface area contributed by atoms with Crippen LogP contribution in [0.4, 0.5) is 0 Å². The van der Waals surface area contributed by atoms with Gasteiger partial charge in [-0.25, -0.2) is 0 Å². The third kappa shape index (κ3) is 3.86. The molecule has 0 saturated carbocycles. The largest absolute Gasteiger partial charge is 0.416 e. The summed E-state index contributed by atoms with van der Waals surface area (Å²) in [6.07, 6.45) is 6.66. The predicted molar refractivity (Wildman–Crippen MR) is 121 cm³/mol. The smallest absolute Gasteiger partial charge is 0.248 e. The number of rotatable bonds is 4. The number of nitrogens with one attached hydrogen (secondary N) is 2. The molecule has 0 amide bonds. The fraction of sp³-hybridized carbons (Fsp3) is 0.280. The molecular weight excluding hydrogens is 372 g/mol. The molecule has 2 aromatic carbocycles. The van der Waals surface area contributed by atoms with E-state index in [0.717, 1.165) is 50.1 Å². The van der Waals surface area contributed by atoms with Crippen LogP contribution in [0.5, 0.6) is 0 Å². The van der Waals surface area contributed by atoms with E-state index in [9.17, 15) is 0 Å². The Bertz CT molecular complexity index is 1110. The van der Waals surface area contributed by atoms with Crippen LogP contribution in [0.2, 0.25) is 0 Å². The average Bonchev–Trinajstić information content (AvgIpc) is 3.31. The summed E-state index contributed by atoms with van der Waals surface area (Å²) in [5.74, 6) is 1.11. The van der Waals surface area contributed by atoms with Gasteiger partial charge in [0.15, 0.2) is 0 Å². The molecule has 152 valence electrons. The Morgan fingerprint density at radius 1 is 0.733 bits per heavy atom. The molecule has 30 heavy (non-hydrogen) atoms.